The number of para-hydroxylation sites is 3. The Kier molecular flexibility index (Phi) is 9.43. The molecule has 0 bridgehead atoms. The standard InChI is InChI=1S/C73H72BN3O2/c1-43-37-49-51(70(6,7)35-33-68(49,2)3)41-57(43)76-60-39-44(77-55-24-15-14-23-48(55)72(10)31-18-19-32-73(72,77)11)38-59-65(60)74(53-30-29-46-45-21-12-16-26-61(45)79-67(46)66(53)76)54-40-50-52(71(8,9)36-34-69(50,4)5)42-58(54)75(59)56-25-20-28-63-64(56)47-22-13-17-27-62(47)78-63/h12-17,20-30,37-42H,18-19,31-36H2,1-11H3. The van der Waals surface area contributed by atoms with Crippen LogP contribution in [0, 0.1) is 6.92 Å². The second-order valence-electron chi connectivity index (χ2n) is 28.1. The minimum absolute atomic E-state index is 0.0120. The molecule has 6 heteroatoms. The summed E-state index contributed by atoms with van der Waals surface area (Å²) in [6.07, 6.45) is 9.27. The third kappa shape index (κ3) is 6.19. The van der Waals surface area contributed by atoms with E-state index in [2.05, 4.69) is 230 Å². The maximum atomic E-state index is 7.40. The molecule has 0 radical (unpaired) electrons. The molecule has 5 nitrogen and oxygen atoms in total. The Morgan fingerprint density at radius 2 is 0.987 bits per heavy atom. The number of nitrogens with zero attached hydrogens (tertiary/aromatic N) is 3. The first-order valence-electron chi connectivity index (χ1n) is 29.7. The van der Waals surface area contributed by atoms with Crippen LogP contribution in [-0.4, -0.2) is 12.3 Å². The summed E-state index contributed by atoms with van der Waals surface area (Å²) in [4.78, 5) is 8.22. The van der Waals surface area contributed by atoms with Crippen LogP contribution in [0.2, 0.25) is 0 Å². The van der Waals surface area contributed by atoms with Crippen molar-refractivity contribution in [2.24, 2.45) is 0 Å². The molecule has 2 unspecified atom stereocenters. The fourth-order valence-electron chi connectivity index (χ4n) is 16.9. The van der Waals surface area contributed by atoms with Crippen LogP contribution in [0.1, 0.15) is 154 Å². The molecule has 0 spiro atoms. The quantitative estimate of drug-likeness (QED) is 0.165. The number of anilines is 8. The van der Waals surface area contributed by atoms with Crippen molar-refractivity contribution in [1.82, 2.24) is 0 Å². The van der Waals surface area contributed by atoms with Crippen LogP contribution < -0.4 is 31.1 Å². The number of furan rings is 2. The van der Waals surface area contributed by atoms with E-state index in [0.717, 1.165) is 93.8 Å². The summed E-state index contributed by atoms with van der Waals surface area (Å²) >= 11 is 0. The molecular weight excluding hydrogens is 962 g/mol. The molecule has 10 aromatic rings. The van der Waals surface area contributed by atoms with Crippen LogP contribution in [0.15, 0.2) is 148 Å². The fraction of sp³-hybridized carbons (Fsp3) is 0.342. The average Bonchev–Trinajstić information content (AvgIpc) is 3.56. The lowest BCUT2D eigenvalue weighted by Crippen LogP contribution is -2.62. The second-order valence-corrected chi connectivity index (χ2v) is 28.1. The molecule has 2 aromatic heterocycles. The molecule has 16 rings (SSSR count). The van der Waals surface area contributed by atoms with Gasteiger partial charge < -0.3 is 23.5 Å². The van der Waals surface area contributed by atoms with Crippen molar-refractivity contribution < 1.29 is 8.83 Å². The summed E-state index contributed by atoms with van der Waals surface area (Å²) < 4.78 is 14.2. The van der Waals surface area contributed by atoms with E-state index < -0.39 is 0 Å². The predicted octanol–water partition coefficient (Wildman–Crippen LogP) is 18.3. The Morgan fingerprint density at radius 3 is 1.71 bits per heavy atom. The van der Waals surface area contributed by atoms with E-state index in [-0.39, 0.29) is 39.3 Å². The number of hydrogen-bond acceptors (Lipinski definition) is 5. The first kappa shape index (κ1) is 47.8. The van der Waals surface area contributed by atoms with Crippen molar-refractivity contribution in [1.29, 1.82) is 0 Å². The summed E-state index contributed by atoms with van der Waals surface area (Å²) in [7, 11) is 0. The Morgan fingerprint density at radius 1 is 0.418 bits per heavy atom. The monoisotopic (exact) mass is 1030 g/mol. The Balaban J connectivity index is 1.10. The zero-order valence-corrected chi connectivity index (χ0v) is 48.2. The number of rotatable bonds is 3. The minimum atomic E-state index is -0.178. The van der Waals surface area contributed by atoms with Gasteiger partial charge in [0.2, 0.25) is 0 Å². The average molecular weight is 1030 g/mol. The van der Waals surface area contributed by atoms with Crippen LogP contribution in [0.5, 0.6) is 0 Å². The summed E-state index contributed by atoms with van der Waals surface area (Å²) in [6, 6.07) is 54.2. The lowest BCUT2D eigenvalue weighted by atomic mass is 9.33. The van der Waals surface area contributed by atoms with Gasteiger partial charge in [-0.05, 0) is 178 Å². The van der Waals surface area contributed by atoms with Gasteiger partial charge in [0.1, 0.15) is 16.7 Å². The highest BCUT2D eigenvalue weighted by Gasteiger charge is 2.58. The van der Waals surface area contributed by atoms with E-state index in [9.17, 15) is 0 Å². The zero-order valence-electron chi connectivity index (χ0n) is 48.2. The second kappa shape index (κ2) is 15.6. The third-order valence-corrected chi connectivity index (χ3v) is 21.8. The number of aryl methyl sites for hydroxylation is 1. The molecule has 8 aromatic carbocycles. The fourth-order valence-corrected chi connectivity index (χ4v) is 16.9. The van der Waals surface area contributed by atoms with Crippen LogP contribution >= 0.6 is 0 Å². The molecule has 1 saturated carbocycles. The molecule has 0 saturated heterocycles. The van der Waals surface area contributed by atoms with Gasteiger partial charge in [-0.2, -0.15) is 0 Å². The summed E-state index contributed by atoms with van der Waals surface area (Å²) in [6.45, 7) is 27.2. The lowest BCUT2D eigenvalue weighted by Gasteiger charge is -2.51. The van der Waals surface area contributed by atoms with E-state index in [1.165, 1.54) is 96.7 Å². The Bertz CT molecular complexity index is 4320. The SMILES string of the molecule is Cc1cc2c(cc1N1c3cc(N4c5ccccc5C5(C)CCCCC45C)cc4c3B(c3cc5c(cc3N4c3cccc4oc6ccccc6c34)C(C)(C)CCC5(C)C)c3ccc4c(oc5ccccc54)c31)C(C)(C)CCC2(C)C. The highest BCUT2D eigenvalue weighted by Crippen LogP contribution is 2.63. The van der Waals surface area contributed by atoms with Gasteiger partial charge in [0.25, 0.3) is 6.71 Å². The molecule has 6 aliphatic rings. The smallest absolute Gasteiger partial charge is 0.252 e. The van der Waals surface area contributed by atoms with Gasteiger partial charge in [-0.15, -0.1) is 0 Å². The van der Waals surface area contributed by atoms with Gasteiger partial charge >= 0.3 is 0 Å². The third-order valence-electron chi connectivity index (χ3n) is 21.8. The van der Waals surface area contributed by atoms with Gasteiger partial charge in [-0.1, -0.05) is 160 Å². The first-order valence-corrected chi connectivity index (χ1v) is 29.7. The Hall–Kier alpha value is -7.18. The molecular formula is C73H72BN3O2. The molecule has 0 amide bonds. The van der Waals surface area contributed by atoms with E-state index in [1.807, 2.05) is 0 Å². The van der Waals surface area contributed by atoms with Crippen molar-refractivity contribution in [3.63, 3.8) is 0 Å². The number of hydrogen-bond donors (Lipinski definition) is 0. The van der Waals surface area contributed by atoms with Crippen molar-refractivity contribution in [3.05, 3.63) is 173 Å². The van der Waals surface area contributed by atoms with E-state index in [4.69, 9.17) is 8.83 Å². The molecule has 394 valence electrons. The maximum absolute atomic E-state index is 7.40. The van der Waals surface area contributed by atoms with Crippen molar-refractivity contribution in [3.8, 4) is 0 Å². The number of benzene rings is 8. The van der Waals surface area contributed by atoms with Gasteiger partial charge in [0, 0.05) is 55.7 Å². The zero-order chi connectivity index (χ0) is 54.1. The summed E-state index contributed by atoms with van der Waals surface area (Å²) in [5.41, 5.74) is 25.8. The van der Waals surface area contributed by atoms with E-state index in [1.54, 1.807) is 0 Å². The Labute approximate surface area is 466 Å². The predicted molar refractivity (Wildman–Crippen MR) is 333 cm³/mol. The highest BCUT2D eigenvalue weighted by atomic mass is 16.3. The van der Waals surface area contributed by atoms with Crippen LogP contribution in [0.3, 0.4) is 0 Å². The summed E-state index contributed by atoms with van der Waals surface area (Å²) in [5.74, 6) is 0. The topological polar surface area (TPSA) is 36.0 Å². The maximum Gasteiger partial charge on any atom is 0.252 e. The van der Waals surface area contributed by atoms with Gasteiger partial charge in [0.15, 0.2) is 5.58 Å². The van der Waals surface area contributed by atoms with E-state index >= 15 is 0 Å². The van der Waals surface area contributed by atoms with Crippen LogP contribution in [0.25, 0.3) is 43.9 Å². The van der Waals surface area contributed by atoms with Crippen LogP contribution in [0.4, 0.5) is 45.5 Å². The minimum Gasteiger partial charge on any atom is -0.456 e. The van der Waals surface area contributed by atoms with Crippen molar-refractivity contribution in [2.75, 3.05) is 14.7 Å². The molecule has 2 atom stereocenters. The molecule has 0 N–H and O–H groups in total. The molecule has 3 aliphatic heterocycles. The largest absolute Gasteiger partial charge is 0.456 e. The highest BCUT2D eigenvalue weighted by molar-refractivity contribution is 7.00. The van der Waals surface area contributed by atoms with Crippen LogP contribution in [-0.2, 0) is 27.1 Å². The molecule has 1 fully saturated rings. The van der Waals surface area contributed by atoms with Crippen molar-refractivity contribution >= 4 is 112 Å². The van der Waals surface area contributed by atoms with Gasteiger partial charge in [-0.3, -0.25) is 0 Å². The lowest BCUT2D eigenvalue weighted by molar-refractivity contribution is 0.195. The molecule has 3 aliphatic carbocycles. The number of fused-ring (bicyclic) bond motifs is 16. The molecule has 79 heavy (non-hydrogen) atoms. The van der Waals surface area contributed by atoms with Gasteiger partial charge in [0.05, 0.1) is 22.3 Å². The van der Waals surface area contributed by atoms with E-state index in [0.29, 0.717) is 0 Å². The first-order chi connectivity index (χ1) is 37.8. The van der Waals surface area contributed by atoms with Gasteiger partial charge in [-0.25, -0.2) is 0 Å². The normalized spacial score (nSPS) is 22.6. The molecule has 5 heterocycles. The summed E-state index contributed by atoms with van der Waals surface area (Å²) in [5, 5.41) is 4.58. The van der Waals surface area contributed by atoms with Crippen molar-refractivity contribution in [2.45, 2.75) is 160 Å².